The van der Waals surface area contributed by atoms with Crippen molar-refractivity contribution in [1.82, 2.24) is 14.5 Å². The van der Waals surface area contributed by atoms with Gasteiger partial charge in [-0.1, -0.05) is 29.8 Å². The Morgan fingerprint density at radius 1 is 1.34 bits per heavy atom. The average molecular weight is 464 g/mol. The molecule has 0 spiro atoms. The zero-order valence-corrected chi connectivity index (χ0v) is 19.5. The average Bonchev–Trinajstić information content (AvgIpc) is 2.63. The molecule has 1 aromatic heterocycles. The molecule has 1 atom stereocenters. The van der Waals surface area contributed by atoms with Crippen molar-refractivity contribution in [2.75, 3.05) is 13.1 Å². The van der Waals surface area contributed by atoms with Gasteiger partial charge in [0.1, 0.15) is 11.4 Å². The highest BCUT2D eigenvalue weighted by molar-refractivity contribution is 9.10. The third-order valence-electron chi connectivity index (χ3n) is 5.07. The number of amides is 1. The molecule has 2 aromatic rings. The van der Waals surface area contributed by atoms with Crippen LogP contribution in [0.4, 0.5) is 4.79 Å². The second kappa shape index (κ2) is 8.46. The number of piperidine rings is 1. The summed E-state index contributed by atoms with van der Waals surface area (Å²) in [6, 6.07) is 5.62. The zero-order chi connectivity index (χ0) is 21.3. The van der Waals surface area contributed by atoms with Gasteiger partial charge in [0.05, 0.1) is 10.9 Å². The molecule has 1 aliphatic heterocycles. The predicted octanol–water partition coefficient (Wildman–Crippen LogP) is 4.93. The Morgan fingerprint density at radius 3 is 2.72 bits per heavy atom. The van der Waals surface area contributed by atoms with Gasteiger partial charge in [-0.15, -0.1) is 0 Å². The molecular weight excluding hydrogens is 434 g/mol. The summed E-state index contributed by atoms with van der Waals surface area (Å²) in [5.41, 5.74) is 0.188. The van der Waals surface area contributed by atoms with Gasteiger partial charge in [-0.3, -0.25) is 9.36 Å². The van der Waals surface area contributed by atoms with Crippen LogP contribution in [0, 0.1) is 5.92 Å². The van der Waals surface area contributed by atoms with Crippen molar-refractivity contribution in [2.24, 2.45) is 5.92 Å². The molecule has 158 valence electrons. The van der Waals surface area contributed by atoms with Crippen LogP contribution in [-0.2, 0) is 11.3 Å². The van der Waals surface area contributed by atoms with E-state index in [1.54, 1.807) is 4.90 Å². The number of fused-ring (bicyclic) bond motifs is 1. The van der Waals surface area contributed by atoms with Crippen LogP contribution in [0.5, 0.6) is 0 Å². The first-order valence-corrected chi connectivity index (χ1v) is 11.0. The largest absolute Gasteiger partial charge is 0.444 e. The van der Waals surface area contributed by atoms with E-state index in [0.29, 0.717) is 25.0 Å². The Balaban J connectivity index is 1.89. The standard InChI is InChI=1S/C22H30BrN3O3/c1-14(2)19-24-18-9-8-16(23)11-17(18)20(27)26(19)13-15-7-6-10-25(12-15)21(28)29-22(3,4)5/h8-9,11,14-15H,6-7,10,12-13H2,1-5H3/t15-/m0/s1. The lowest BCUT2D eigenvalue weighted by Crippen LogP contribution is -2.44. The first-order valence-electron chi connectivity index (χ1n) is 10.2. The van der Waals surface area contributed by atoms with Crippen LogP contribution in [0.15, 0.2) is 27.5 Å². The molecule has 0 bridgehead atoms. The van der Waals surface area contributed by atoms with Gasteiger partial charge in [0.2, 0.25) is 0 Å². The fourth-order valence-electron chi connectivity index (χ4n) is 3.79. The van der Waals surface area contributed by atoms with Gasteiger partial charge in [0.25, 0.3) is 5.56 Å². The zero-order valence-electron chi connectivity index (χ0n) is 17.9. The van der Waals surface area contributed by atoms with E-state index in [4.69, 9.17) is 9.72 Å². The Kier molecular flexibility index (Phi) is 6.36. The van der Waals surface area contributed by atoms with Gasteiger partial charge in [0.15, 0.2) is 0 Å². The molecule has 1 fully saturated rings. The number of ether oxygens (including phenoxy) is 1. The van der Waals surface area contributed by atoms with Crippen molar-refractivity contribution < 1.29 is 9.53 Å². The smallest absolute Gasteiger partial charge is 0.410 e. The molecule has 0 saturated carbocycles. The van der Waals surface area contributed by atoms with Crippen LogP contribution >= 0.6 is 15.9 Å². The van der Waals surface area contributed by atoms with Crippen LogP contribution in [0.1, 0.15) is 59.2 Å². The maximum Gasteiger partial charge on any atom is 0.410 e. The highest BCUT2D eigenvalue weighted by Crippen LogP contribution is 2.23. The second-order valence-corrected chi connectivity index (χ2v) is 10.1. The number of nitrogens with zero attached hydrogens (tertiary/aromatic N) is 3. The van der Waals surface area contributed by atoms with E-state index in [2.05, 4.69) is 29.8 Å². The summed E-state index contributed by atoms with van der Waals surface area (Å²) in [5, 5.41) is 0.614. The number of aromatic nitrogens is 2. The quantitative estimate of drug-likeness (QED) is 0.646. The third kappa shape index (κ3) is 5.18. The van der Waals surface area contributed by atoms with E-state index in [1.165, 1.54) is 0 Å². The lowest BCUT2D eigenvalue weighted by atomic mass is 9.97. The summed E-state index contributed by atoms with van der Waals surface area (Å²) in [7, 11) is 0. The molecule has 0 N–H and O–H groups in total. The number of hydrogen-bond donors (Lipinski definition) is 0. The first kappa shape index (κ1) is 21.8. The molecule has 6 nitrogen and oxygen atoms in total. The van der Waals surface area contributed by atoms with Crippen LogP contribution in [0.2, 0.25) is 0 Å². The van der Waals surface area contributed by atoms with Crippen molar-refractivity contribution in [3.8, 4) is 0 Å². The molecule has 7 heteroatoms. The molecule has 1 aliphatic rings. The van der Waals surface area contributed by atoms with Gasteiger partial charge in [-0.25, -0.2) is 9.78 Å². The van der Waals surface area contributed by atoms with E-state index in [0.717, 1.165) is 28.7 Å². The van der Waals surface area contributed by atoms with Gasteiger partial charge in [-0.2, -0.15) is 0 Å². The van der Waals surface area contributed by atoms with Crippen molar-refractivity contribution in [2.45, 2.75) is 65.5 Å². The second-order valence-electron chi connectivity index (χ2n) is 9.14. The van der Waals surface area contributed by atoms with E-state index in [-0.39, 0.29) is 23.5 Å². The van der Waals surface area contributed by atoms with Crippen LogP contribution in [-0.4, -0.2) is 39.2 Å². The number of carbonyl (C=O) groups excluding carboxylic acids is 1. The van der Waals surface area contributed by atoms with E-state index in [9.17, 15) is 9.59 Å². The van der Waals surface area contributed by atoms with E-state index < -0.39 is 5.60 Å². The van der Waals surface area contributed by atoms with E-state index in [1.807, 2.05) is 43.5 Å². The van der Waals surface area contributed by atoms with Gasteiger partial charge in [0, 0.05) is 30.0 Å². The monoisotopic (exact) mass is 463 g/mol. The van der Waals surface area contributed by atoms with Crippen LogP contribution < -0.4 is 5.56 Å². The highest BCUT2D eigenvalue weighted by Gasteiger charge is 2.28. The third-order valence-corrected chi connectivity index (χ3v) is 5.57. The number of hydrogen-bond acceptors (Lipinski definition) is 4. The van der Waals surface area contributed by atoms with Crippen LogP contribution in [0.3, 0.4) is 0 Å². The first-order chi connectivity index (χ1) is 13.5. The number of halogens is 1. The number of likely N-dealkylation sites (tertiary alicyclic amines) is 1. The van der Waals surface area contributed by atoms with Gasteiger partial charge >= 0.3 is 6.09 Å². The summed E-state index contributed by atoms with van der Waals surface area (Å²) in [5.74, 6) is 1.11. The molecule has 29 heavy (non-hydrogen) atoms. The summed E-state index contributed by atoms with van der Waals surface area (Å²) in [4.78, 5) is 32.3. The fourth-order valence-corrected chi connectivity index (χ4v) is 4.15. The van der Waals surface area contributed by atoms with Crippen molar-refractivity contribution in [3.63, 3.8) is 0 Å². The normalized spacial score (nSPS) is 17.8. The summed E-state index contributed by atoms with van der Waals surface area (Å²) < 4.78 is 8.20. The number of rotatable bonds is 3. The van der Waals surface area contributed by atoms with Crippen LogP contribution in [0.25, 0.3) is 10.9 Å². The topological polar surface area (TPSA) is 64.4 Å². The Hall–Kier alpha value is -1.89. The summed E-state index contributed by atoms with van der Waals surface area (Å²) in [6.07, 6.45) is 1.60. The fraction of sp³-hybridized carbons (Fsp3) is 0.591. The maximum atomic E-state index is 13.3. The number of carbonyl (C=O) groups is 1. The Morgan fingerprint density at radius 2 is 2.07 bits per heavy atom. The summed E-state index contributed by atoms with van der Waals surface area (Å²) in [6.45, 7) is 11.6. The molecule has 2 heterocycles. The highest BCUT2D eigenvalue weighted by atomic mass is 79.9. The van der Waals surface area contributed by atoms with Gasteiger partial charge < -0.3 is 9.64 Å². The molecule has 0 radical (unpaired) electrons. The van der Waals surface area contributed by atoms with Crippen molar-refractivity contribution >= 4 is 32.9 Å². The molecule has 0 aliphatic carbocycles. The lowest BCUT2D eigenvalue weighted by molar-refractivity contribution is 0.0156. The minimum Gasteiger partial charge on any atom is -0.444 e. The van der Waals surface area contributed by atoms with Gasteiger partial charge in [-0.05, 0) is 57.7 Å². The minimum absolute atomic E-state index is 0.0191. The van der Waals surface area contributed by atoms with Crippen molar-refractivity contribution in [1.29, 1.82) is 0 Å². The molecule has 1 amide bonds. The summed E-state index contributed by atoms with van der Waals surface area (Å²) >= 11 is 3.45. The molecular formula is C22H30BrN3O3. The van der Waals surface area contributed by atoms with E-state index >= 15 is 0 Å². The molecule has 1 saturated heterocycles. The predicted molar refractivity (Wildman–Crippen MR) is 118 cm³/mol. The maximum absolute atomic E-state index is 13.3. The lowest BCUT2D eigenvalue weighted by Gasteiger charge is -2.34. The molecule has 0 unspecified atom stereocenters. The molecule has 1 aromatic carbocycles. The SMILES string of the molecule is CC(C)c1nc2ccc(Br)cc2c(=O)n1C[C@H]1CCCN(C(=O)OC(C)(C)C)C1. The molecule has 3 rings (SSSR count). The van der Waals surface area contributed by atoms with Crippen molar-refractivity contribution in [3.05, 3.63) is 38.9 Å². The minimum atomic E-state index is -0.512. The number of benzene rings is 1. The Labute approximate surface area is 180 Å². The Bertz CT molecular complexity index is 962.